The lowest BCUT2D eigenvalue weighted by molar-refractivity contribution is -0.112. The van der Waals surface area contributed by atoms with Gasteiger partial charge < -0.3 is 4.74 Å². The van der Waals surface area contributed by atoms with Crippen molar-refractivity contribution in [1.29, 1.82) is 0 Å². The third kappa shape index (κ3) is 3.95. The lowest BCUT2D eigenvalue weighted by Gasteiger charge is -2.19. The minimum absolute atomic E-state index is 0.218. The summed E-state index contributed by atoms with van der Waals surface area (Å²) in [4.78, 5) is 12.6. The summed E-state index contributed by atoms with van der Waals surface area (Å²) in [6.07, 6.45) is 8.90. The fourth-order valence-electron chi connectivity index (χ4n) is 2.44. The number of rotatable bonds is 4. The molecule has 1 aromatic rings. The van der Waals surface area contributed by atoms with E-state index < -0.39 is 0 Å². The number of ether oxygens (including phenoxy) is 1. The fraction of sp³-hybridized carbons (Fsp3) is 0.353. The number of thioether (sulfide) groups is 2. The second-order valence-electron chi connectivity index (χ2n) is 4.80. The van der Waals surface area contributed by atoms with E-state index in [1.807, 2.05) is 42.9 Å². The molecule has 0 saturated heterocycles. The predicted molar refractivity (Wildman–Crippen MR) is 93.9 cm³/mol. The Labute approximate surface area is 135 Å². The van der Waals surface area contributed by atoms with Crippen molar-refractivity contribution in [2.75, 3.05) is 19.6 Å². The molecule has 1 fully saturated rings. The first kappa shape index (κ1) is 16.2. The maximum absolute atomic E-state index is 12.6. The van der Waals surface area contributed by atoms with E-state index in [9.17, 15) is 4.79 Å². The normalized spacial score (nSPS) is 17.2. The average molecular weight is 320 g/mol. The minimum Gasteiger partial charge on any atom is -0.497 e. The summed E-state index contributed by atoms with van der Waals surface area (Å²) >= 11 is 3.34. The van der Waals surface area contributed by atoms with Gasteiger partial charge in [-0.2, -0.15) is 0 Å². The lowest BCUT2D eigenvalue weighted by atomic mass is 9.88. The molecule has 0 N–H and O–H groups in total. The van der Waals surface area contributed by atoms with Crippen LogP contribution in [0, 0.1) is 0 Å². The molecule has 1 aliphatic carbocycles. The maximum Gasteiger partial charge on any atom is 0.186 e. The summed E-state index contributed by atoms with van der Waals surface area (Å²) in [5.41, 5.74) is 2.96. The van der Waals surface area contributed by atoms with Crippen molar-refractivity contribution in [3.8, 4) is 5.75 Å². The van der Waals surface area contributed by atoms with Crippen LogP contribution in [0.4, 0.5) is 0 Å². The molecule has 21 heavy (non-hydrogen) atoms. The number of hydrogen-bond acceptors (Lipinski definition) is 4. The number of Topliss-reactive ketones (excluding diaryl/α,β-unsaturated/α-hetero) is 1. The van der Waals surface area contributed by atoms with Gasteiger partial charge in [0.05, 0.1) is 7.11 Å². The van der Waals surface area contributed by atoms with Crippen molar-refractivity contribution in [2.24, 2.45) is 0 Å². The van der Waals surface area contributed by atoms with E-state index in [-0.39, 0.29) is 5.78 Å². The molecule has 2 nitrogen and oxygen atoms in total. The Kier molecular flexibility index (Phi) is 6.00. The number of ketones is 1. The Hall–Kier alpha value is -1.13. The van der Waals surface area contributed by atoms with Gasteiger partial charge in [0.2, 0.25) is 0 Å². The summed E-state index contributed by atoms with van der Waals surface area (Å²) in [5.74, 6) is 1.05. The second kappa shape index (κ2) is 7.76. The highest BCUT2D eigenvalue weighted by Crippen LogP contribution is 2.36. The number of benzene rings is 1. The third-order valence-corrected chi connectivity index (χ3v) is 5.75. The molecular weight excluding hydrogens is 300 g/mol. The van der Waals surface area contributed by atoms with E-state index in [1.165, 1.54) is 0 Å². The quantitative estimate of drug-likeness (QED) is 0.747. The molecule has 0 amide bonds. The van der Waals surface area contributed by atoms with Crippen molar-refractivity contribution >= 4 is 35.4 Å². The number of allylic oxidation sites excluding steroid dienone is 2. The molecular formula is C17H20O2S2. The number of carbonyl (C=O) groups is 1. The largest absolute Gasteiger partial charge is 0.497 e. The van der Waals surface area contributed by atoms with E-state index >= 15 is 0 Å². The van der Waals surface area contributed by atoms with Crippen LogP contribution in [-0.4, -0.2) is 25.4 Å². The zero-order valence-corrected chi connectivity index (χ0v) is 14.3. The smallest absolute Gasteiger partial charge is 0.186 e. The minimum atomic E-state index is 0.218. The maximum atomic E-state index is 12.6. The van der Waals surface area contributed by atoms with Crippen LogP contribution in [0.2, 0.25) is 0 Å². The topological polar surface area (TPSA) is 26.3 Å². The summed E-state index contributed by atoms with van der Waals surface area (Å²) in [6.45, 7) is 0. The van der Waals surface area contributed by atoms with Gasteiger partial charge in [0, 0.05) is 15.4 Å². The highest BCUT2D eigenvalue weighted by Gasteiger charge is 2.23. The van der Waals surface area contributed by atoms with Crippen LogP contribution in [-0.2, 0) is 4.79 Å². The van der Waals surface area contributed by atoms with Crippen molar-refractivity contribution in [1.82, 2.24) is 0 Å². The van der Waals surface area contributed by atoms with Gasteiger partial charge in [0.1, 0.15) is 5.75 Å². The zero-order chi connectivity index (χ0) is 15.2. The number of methoxy groups -OCH3 is 1. The Morgan fingerprint density at radius 1 is 1.14 bits per heavy atom. The van der Waals surface area contributed by atoms with Crippen LogP contribution in [0.25, 0.3) is 6.08 Å². The summed E-state index contributed by atoms with van der Waals surface area (Å²) in [7, 11) is 1.65. The molecule has 0 heterocycles. The van der Waals surface area contributed by atoms with Crippen LogP contribution in [0.5, 0.6) is 5.75 Å². The Morgan fingerprint density at radius 2 is 1.81 bits per heavy atom. The first-order chi connectivity index (χ1) is 10.2. The van der Waals surface area contributed by atoms with Crippen LogP contribution in [0.3, 0.4) is 0 Å². The molecule has 0 bridgehead atoms. The zero-order valence-electron chi connectivity index (χ0n) is 12.6. The number of hydrogen-bond donors (Lipinski definition) is 0. The highest BCUT2D eigenvalue weighted by molar-refractivity contribution is 8.21. The van der Waals surface area contributed by atoms with Gasteiger partial charge in [-0.05, 0) is 55.5 Å². The Balaban J connectivity index is 2.28. The first-order valence-electron chi connectivity index (χ1n) is 6.90. The summed E-state index contributed by atoms with van der Waals surface area (Å²) in [6, 6.07) is 7.82. The molecule has 0 radical (unpaired) electrons. The molecule has 1 saturated carbocycles. The molecule has 0 unspecified atom stereocenters. The van der Waals surface area contributed by atoms with Crippen LogP contribution < -0.4 is 4.74 Å². The van der Waals surface area contributed by atoms with Crippen LogP contribution in [0.1, 0.15) is 24.8 Å². The summed E-state index contributed by atoms with van der Waals surface area (Å²) < 4.78 is 6.31. The van der Waals surface area contributed by atoms with Crippen LogP contribution in [0.15, 0.2) is 39.6 Å². The molecule has 0 atom stereocenters. The molecule has 2 rings (SSSR count). The monoisotopic (exact) mass is 320 g/mol. The predicted octanol–water partition coefficient (Wildman–Crippen LogP) is 4.77. The van der Waals surface area contributed by atoms with Gasteiger partial charge in [-0.3, -0.25) is 4.79 Å². The second-order valence-corrected chi connectivity index (χ2v) is 6.69. The van der Waals surface area contributed by atoms with Crippen LogP contribution >= 0.6 is 23.5 Å². The Bertz CT molecular complexity index is 565. The van der Waals surface area contributed by atoms with E-state index in [1.54, 1.807) is 30.6 Å². The molecule has 112 valence electrons. The van der Waals surface area contributed by atoms with E-state index in [4.69, 9.17) is 4.74 Å². The third-order valence-electron chi connectivity index (χ3n) is 3.51. The van der Waals surface area contributed by atoms with E-state index in [0.717, 1.165) is 46.0 Å². The molecule has 0 spiro atoms. The molecule has 0 aliphatic heterocycles. The average Bonchev–Trinajstić information content (AvgIpc) is 2.52. The molecule has 1 aromatic carbocycles. The van der Waals surface area contributed by atoms with Gasteiger partial charge in [0.25, 0.3) is 0 Å². The van der Waals surface area contributed by atoms with Gasteiger partial charge >= 0.3 is 0 Å². The van der Waals surface area contributed by atoms with Crippen molar-refractivity contribution in [2.45, 2.75) is 19.3 Å². The SMILES string of the molecule is COc1ccc(/C=C2\CCCC(=C(SC)SC)C2=O)cc1. The fourth-order valence-corrected chi connectivity index (χ4v) is 3.99. The van der Waals surface area contributed by atoms with E-state index in [2.05, 4.69) is 0 Å². The van der Waals surface area contributed by atoms with Gasteiger partial charge in [-0.25, -0.2) is 0 Å². The standard InChI is InChI=1S/C17H20O2S2/c1-19-14-9-7-12(8-10-14)11-13-5-4-6-15(16(13)18)17(20-2)21-3/h7-11H,4-6H2,1-3H3/b13-11+. The van der Waals surface area contributed by atoms with Crippen molar-refractivity contribution in [3.63, 3.8) is 0 Å². The molecule has 0 aromatic heterocycles. The molecule has 4 heteroatoms. The van der Waals surface area contributed by atoms with Crippen molar-refractivity contribution < 1.29 is 9.53 Å². The van der Waals surface area contributed by atoms with Gasteiger partial charge in [0.15, 0.2) is 5.78 Å². The highest BCUT2D eigenvalue weighted by atomic mass is 32.2. The number of carbonyl (C=O) groups excluding carboxylic acids is 1. The summed E-state index contributed by atoms with van der Waals surface area (Å²) in [5, 5.41) is 0. The van der Waals surface area contributed by atoms with Crippen molar-refractivity contribution in [3.05, 3.63) is 45.2 Å². The van der Waals surface area contributed by atoms with Gasteiger partial charge in [-0.1, -0.05) is 12.1 Å². The first-order valence-corrected chi connectivity index (χ1v) is 9.35. The van der Waals surface area contributed by atoms with Gasteiger partial charge in [-0.15, -0.1) is 23.5 Å². The Morgan fingerprint density at radius 3 is 2.38 bits per heavy atom. The lowest BCUT2D eigenvalue weighted by Crippen LogP contribution is -2.13. The molecule has 1 aliphatic rings. The van der Waals surface area contributed by atoms with E-state index in [0.29, 0.717) is 0 Å².